The van der Waals surface area contributed by atoms with Gasteiger partial charge in [-0.15, -0.1) is 0 Å². The number of aryl methyl sites for hydroxylation is 1. The first kappa shape index (κ1) is 17.7. The monoisotopic (exact) mass is 325 g/mol. The summed E-state index contributed by atoms with van der Waals surface area (Å²) < 4.78 is 9.27. The van der Waals surface area contributed by atoms with Crippen LogP contribution in [-0.2, 0) is 23.9 Å². The Bertz CT molecular complexity index is 598. The van der Waals surface area contributed by atoms with E-state index in [0.29, 0.717) is 10.7 Å². The number of carbonyl (C=O) groups excluding carboxylic acids is 3. The molecule has 0 spiro atoms. The Morgan fingerprint density at radius 2 is 1.82 bits per heavy atom. The number of halogens is 1. The summed E-state index contributed by atoms with van der Waals surface area (Å²) in [5, 5.41) is 3.05. The minimum absolute atomic E-state index is 0.208. The van der Waals surface area contributed by atoms with Crippen molar-refractivity contribution in [2.75, 3.05) is 18.5 Å². The topological polar surface area (TPSA) is 81.7 Å². The number of amides is 1. The summed E-state index contributed by atoms with van der Waals surface area (Å²) >= 11 is 5.93. The van der Waals surface area contributed by atoms with Gasteiger partial charge in [0.05, 0.1) is 6.61 Å². The normalized spacial score (nSPS) is 10.3. The fraction of sp³-hybridized carbons (Fsp3) is 0.267. The summed E-state index contributed by atoms with van der Waals surface area (Å²) in [7, 11) is 0. The summed E-state index contributed by atoms with van der Waals surface area (Å²) in [6.07, 6.45) is 1.83. The molecule has 6 nitrogen and oxygen atoms in total. The number of hydrogen-bond donors (Lipinski definition) is 1. The van der Waals surface area contributed by atoms with Crippen LogP contribution in [0.5, 0.6) is 0 Å². The van der Waals surface area contributed by atoms with E-state index in [-0.39, 0.29) is 6.61 Å². The average molecular weight is 326 g/mol. The third kappa shape index (κ3) is 6.41. The van der Waals surface area contributed by atoms with Crippen LogP contribution in [0.1, 0.15) is 12.5 Å². The van der Waals surface area contributed by atoms with Gasteiger partial charge in [-0.25, -0.2) is 9.59 Å². The Kier molecular flexibility index (Phi) is 7.12. The molecule has 0 heterocycles. The number of benzene rings is 1. The quantitative estimate of drug-likeness (QED) is 0.641. The molecule has 1 amide bonds. The van der Waals surface area contributed by atoms with Crippen LogP contribution in [0.2, 0.25) is 5.02 Å². The second kappa shape index (κ2) is 8.84. The Morgan fingerprint density at radius 3 is 2.41 bits per heavy atom. The van der Waals surface area contributed by atoms with Crippen LogP contribution in [0, 0.1) is 6.92 Å². The molecule has 0 saturated heterocycles. The van der Waals surface area contributed by atoms with Crippen molar-refractivity contribution in [1.29, 1.82) is 0 Å². The lowest BCUT2D eigenvalue weighted by atomic mass is 10.2. The molecule has 0 atom stereocenters. The lowest BCUT2D eigenvalue weighted by Gasteiger charge is -2.06. The summed E-state index contributed by atoms with van der Waals surface area (Å²) in [5.41, 5.74) is 1.38. The van der Waals surface area contributed by atoms with E-state index < -0.39 is 24.5 Å². The van der Waals surface area contributed by atoms with Crippen LogP contribution >= 0.6 is 11.6 Å². The minimum atomic E-state index is -0.815. The van der Waals surface area contributed by atoms with Gasteiger partial charge in [-0.2, -0.15) is 0 Å². The molecular formula is C15H16ClNO5. The van der Waals surface area contributed by atoms with E-state index in [2.05, 4.69) is 14.8 Å². The molecule has 0 unspecified atom stereocenters. The van der Waals surface area contributed by atoms with Crippen molar-refractivity contribution in [2.45, 2.75) is 13.8 Å². The molecule has 1 aromatic rings. The van der Waals surface area contributed by atoms with Gasteiger partial charge in [-0.1, -0.05) is 17.7 Å². The van der Waals surface area contributed by atoms with Crippen molar-refractivity contribution in [3.63, 3.8) is 0 Å². The molecule has 0 saturated carbocycles. The zero-order chi connectivity index (χ0) is 16.5. The first-order valence-electron chi connectivity index (χ1n) is 6.50. The molecule has 0 radical (unpaired) electrons. The molecule has 0 aliphatic carbocycles. The minimum Gasteiger partial charge on any atom is -0.463 e. The maximum Gasteiger partial charge on any atom is 0.331 e. The van der Waals surface area contributed by atoms with Crippen molar-refractivity contribution in [1.82, 2.24) is 0 Å². The number of hydrogen-bond acceptors (Lipinski definition) is 5. The molecule has 22 heavy (non-hydrogen) atoms. The third-order valence-electron chi connectivity index (χ3n) is 2.44. The van der Waals surface area contributed by atoms with Crippen molar-refractivity contribution < 1.29 is 23.9 Å². The Morgan fingerprint density at radius 1 is 1.18 bits per heavy atom. The van der Waals surface area contributed by atoms with Gasteiger partial charge in [0.2, 0.25) is 0 Å². The van der Waals surface area contributed by atoms with E-state index in [4.69, 9.17) is 11.6 Å². The predicted molar refractivity (Wildman–Crippen MR) is 81.6 cm³/mol. The van der Waals surface area contributed by atoms with Crippen LogP contribution in [0.15, 0.2) is 30.4 Å². The molecule has 0 aliphatic rings. The van der Waals surface area contributed by atoms with E-state index in [1.807, 2.05) is 6.92 Å². The number of nitrogens with one attached hydrogen (secondary N) is 1. The fourth-order valence-corrected chi connectivity index (χ4v) is 1.56. The number of anilines is 1. The van der Waals surface area contributed by atoms with Crippen molar-refractivity contribution >= 4 is 35.1 Å². The molecule has 7 heteroatoms. The summed E-state index contributed by atoms with van der Waals surface area (Å²) in [4.78, 5) is 33.9. The SMILES string of the molecule is CCOC(=O)/C=C/C(=O)OCC(=O)Nc1ccc(C)c(Cl)c1. The van der Waals surface area contributed by atoms with E-state index in [0.717, 1.165) is 17.7 Å². The summed E-state index contributed by atoms with van der Waals surface area (Å²) in [6, 6.07) is 5.03. The second-order valence-electron chi connectivity index (χ2n) is 4.21. The van der Waals surface area contributed by atoms with E-state index >= 15 is 0 Å². The van der Waals surface area contributed by atoms with E-state index in [9.17, 15) is 14.4 Å². The van der Waals surface area contributed by atoms with Gasteiger partial charge in [-0.05, 0) is 31.5 Å². The van der Waals surface area contributed by atoms with Gasteiger partial charge in [-0.3, -0.25) is 4.79 Å². The Labute approximate surface area is 133 Å². The van der Waals surface area contributed by atoms with Crippen LogP contribution in [-0.4, -0.2) is 31.1 Å². The van der Waals surface area contributed by atoms with Crippen LogP contribution in [0.3, 0.4) is 0 Å². The average Bonchev–Trinajstić information content (AvgIpc) is 2.47. The highest BCUT2D eigenvalue weighted by Gasteiger charge is 2.07. The lowest BCUT2D eigenvalue weighted by Crippen LogP contribution is -2.20. The lowest BCUT2D eigenvalue weighted by molar-refractivity contribution is -0.143. The third-order valence-corrected chi connectivity index (χ3v) is 2.85. The smallest absolute Gasteiger partial charge is 0.331 e. The molecule has 1 N–H and O–H groups in total. The first-order chi connectivity index (χ1) is 10.4. The first-order valence-corrected chi connectivity index (χ1v) is 6.87. The zero-order valence-electron chi connectivity index (χ0n) is 12.2. The predicted octanol–water partition coefficient (Wildman–Crippen LogP) is 2.25. The summed E-state index contributed by atoms with van der Waals surface area (Å²) in [5.74, 6) is -1.99. The fourth-order valence-electron chi connectivity index (χ4n) is 1.38. The van der Waals surface area contributed by atoms with Crippen LogP contribution in [0.4, 0.5) is 5.69 Å². The maximum absolute atomic E-state index is 11.6. The zero-order valence-corrected chi connectivity index (χ0v) is 13.0. The Balaban J connectivity index is 2.41. The van der Waals surface area contributed by atoms with Gasteiger partial charge < -0.3 is 14.8 Å². The number of esters is 2. The van der Waals surface area contributed by atoms with Crippen molar-refractivity contribution in [3.8, 4) is 0 Å². The standard InChI is InChI=1S/C15H16ClNO5/c1-3-21-14(19)6-7-15(20)22-9-13(18)17-11-5-4-10(2)12(16)8-11/h4-8H,3,9H2,1-2H3,(H,17,18)/b7-6+. The van der Waals surface area contributed by atoms with Gasteiger partial charge in [0.15, 0.2) is 6.61 Å². The van der Waals surface area contributed by atoms with Gasteiger partial charge in [0.25, 0.3) is 5.91 Å². The highest BCUT2D eigenvalue weighted by Crippen LogP contribution is 2.19. The van der Waals surface area contributed by atoms with Gasteiger partial charge >= 0.3 is 11.9 Å². The van der Waals surface area contributed by atoms with Crippen LogP contribution in [0.25, 0.3) is 0 Å². The molecule has 0 aromatic heterocycles. The van der Waals surface area contributed by atoms with Crippen LogP contribution < -0.4 is 5.32 Å². The largest absolute Gasteiger partial charge is 0.463 e. The number of ether oxygens (including phenoxy) is 2. The van der Waals surface area contributed by atoms with Gasteiger partial charge in [0.1, 0.15) is 0 Å². The molecule has 0 aliphatic heterocycles. The van der Waals surface area contributed by atoms with E-state index in [1.54, 1.807) is 25.1 Å². The molecule has 0 fully saturated rings. The van der Waals surface area contributed by atoms with Gasteiger partial charge in [0, 0.05) is 22.9 Å². The summed E-state index contributed by atoms with van der Waals surface area (Å²) in [6.45, 7) is 3.22. The van der Waals surface area contributed by atoms with E-state index in [1.165, 1.54) is 0 Å². The molecule has 1 rings (SSSR count). The number of carbonyl (C=O) groups is 3. The van der Waals surface area contributed by atoms with Crippen molar-refractivity contribution in [2.24, 2.45) is 0 Å². The second-order valence-corrected chi connectivity index (χ2v) is 4.61. The Hall–Kier alpha value is -2.34. The highest BCUT2D eigenvalue weighted by atomic mass is 35.5. The van der Waals surface area contributed by atoms with Crippen molar-refractivity contribution in [3.05, 3.63) is 40.9 Å². The molecule has 118 valence electrons. The highest BCUT2D eigenvalue weighted by molar-refractivity contribution is 6.31. The molecule has 0 bridgehead atoms. The molecule has 1 aromatic carbocycles. The molecular weight excluding hydrogens is 310 g/mol. The maximum atomic E-state index is 11.6. The number of rotatable bonds is 6.